The Labute approximate surface area is 100.0 Å². The summed E-state index contributed by atoms with van der Waals surface area (Å²) in [7, 11) is 0. The van der Waals surface area contributed by atoms with Crippen LogP contribution < -0.4 is 5.73 Å². The second-order valence-electron chi connectivity index (χ2n) is 3.46. The number of benzene rings is 1. The third kappa shape index (κ3) is 3.61. The molecular formula is C10H9ClF3NO2. The Balaban J connectivity index is 2.94. The minimum absolute atomic E-state index is 0.0762. The number of carboxylic acid groups (broad SMARTS) is 1. The Bertz CT molecular complexity index is 434. The van der Waals surface area contributed by atoms with Gasteiger partial charge in [0.1, 0.15) is 6.04 Å². The van der Waals surface area contributed by atoms with E-state index in [0.717, 1.165) is 18.2 Å². The molecule has 0 heterocycles. The Hall–Kier alpha value is -1.27. The molecule has 94 valence electrons. The van der Waals surface area contributed by atoms with E-state index < -0.39 is 28.8 Å². The van der Waals surface area contributed by atoms with Gasteiger partial charge in [0, 0.05) is 0 Å². The molecule has 3 N–H and O–H groups in total. The minimum Gasteiger partial charge on any atom is -0.480 e. The van der Waals surface area contributed by atoms with E-state index in [4.69, 9.17) is 22.4 Å². The molecule has 1 rings (SSSR count). The lowest BCUT2D eigenvalue weighted by molar-refractivity contribution is -0.139. The molecular weight excluding hydrogens is 259 g/mol. The van der Waals surface area contributed by atoms with Gasteiger partial charge in [0.05, 0.1) is 10.6 Å². The van der Waals surface area contributed by atoms with Gasteiger partial charge in [-0.1, -0.05) is 17.7 Å². The zero-order chi connectivity index (χ0) is 13.2. The first-order valence-corrected chi connectivity index (χ1v) is 4.93. The van der Waals surface area contributed by atoms with E-state index in [1.54, 1.807) is 0 Å². The third-order valence-corrected chi connectivity index (χ3v) is 2.42. The summed E-state index contributed by atoms with van der Waals surface area (Å²) in [6.45, 7) is 0. The number of alkyl halides is 3. The van der Waals surface area contributed by atoms with Crippen LogP contribution in [0.2, 0.25) is 5.02 Å². The van der Waals surface area contributed by atoms with Gasteiger partial charge < -0.3 is 10.8 Å². The molecule has 0 saturated heterocycles. The number of rotatable bonds is 3. The van der Waals surface area contributed by atoms with E-state index in [9.17, 15) is 18.0 Å². The summed E-state index contributed by atoms with van der Waals surface area (Å²) in [5, 5.41) is 8.09. The summed E-state index contributed by atoms with van der Waals surface area (Å²) < 4.78 is 37.1. The Kier molecular flexibility index (Phi) is 4.00. The summed E-state index contributed by atoms with van der Waals surface area (Å²) in [4.78, 5) is 10.5. The molecule has 0 aromatic heterocycles. The fourth-order valence-electron chi connectivity index (χ4n) is 1.26. The van der Waals surface area contributed by atoms with Gasteiger partial charge >= 0.3 is 12.1 Å². The molecule has 17 heavy (non-hydrogen) atoms. The van der Waals surface area contributed by atoms with Gasteiger partial charge in [-0.25, -0.2) is 0 Å². The van der Waals surface area contributed by atoms with Crippen LogP contribution in [0.3, 0.4) is 0 Å². The highest BCUT2D eigenvalue weighted by Crippen LogP contribution is 2.35. The number of halogens is 4. The van der Waals surface area contributed by atoms with E-state index >= 15 is 0 Å². The molecule has 7 heteroatoms. The molecule has 0 unspecified atom stereocenters. The van der Waals surface area contributed by atoms with Crippen LogP contribution in [0.5, 0.6) is 0 Å². The van der Waals surface area contributed by atoms with Gasteiger partial charge in [0.15, 0.2) is 0 Å². The molecule has 3 nitrogen and oxygen atoms in total. The quantitative estimate of drug-likeness (QED) is 0.883. The minimum atomic E-state index is -4.52. The molecule has 1 aromatic rings. The number of hydrogen-bond donors (Lipinski definition) is 2. The number of nitrogens with two attached hydrogens (primary N) is 1. The normalized spacial score (nSPS) is 13.5. The summed E-state index contributed by atoms with van der Waals surface area (Å²) in [5.41, 5.74) is 4.65. The molecule has 0 aliphatic rings. The number of aliphatic carboxylic acids is 1. The first-order valence-electron chi connectivity index (χ1n) is 4.56. The van der Waals surface area contributed by atoms with Crippen molar-refractivity contribution >= 4 is 17.6 Å². The molecule has 0 fully saturated rings. The van der Waals surface area contributed by atoms with Crippen molar-refractivity contribution in [3.05, 3.63) is 34.3 Å². The van der Waals surface area contributed by atoms with Crippen molar-refractivity contribution < 1.29 is 23.1 Å². The molecule has 0 aliphatic carbocycles. The maximum atomic E-state index is 12.4. The maximum absolute atomic E-state index is 12.4. The molecule has 0 aliphatic heterocycles. The summed E-state index contributed by atoms with van der Waals surface area (Å²) in [5.74, 6) is -1.22. The summed E-state index contributed by atoms with van der Waals surface area (Å²) in [6.07, 6.45) is -4.60. The van der Waals surface area contributed by atoms with Crippen LogP contribution in [0.4, 0.5) is 13.2 Å². The third-order valence-electron chi connectivity index (χ3n) is 2.11. The Morgan fingerprint density at radius 3 is 2.47 bits per heavy atom. The zero-order valence-corrected chi connectivity index (χ0v) is 9.22. The fourth-order valence-corrected chi connectivity index (χ4v) is 1.57. The largest absolute Gasteiger partial charge is 0.480 e. The van der Waals surface area contributed by atoms with Crippen molar-refractivity contribution in [2.75, 3.05) is 0 Å². The number of carbonyl (C=O) groups is 1. The monoisotopic (exact) mass is 267 g/mol. The van der Waals surface area contributed by atoms with Crippen molar-refractivity contribution in [2.24, 2.45) is 5.73 Å². The van der Waals surface area contributed by atoms with Crippen LogP contribution in [0.25, 0.3) is 0 Å². The summed E-state index contributed by atoms with van der Waals surface area (Å²) >= 11 is 5.47. The highest BCUT2D eigenvalue weighted by Gasteiger charge is 2.33. The average molecular weight is 268 g/mol. The SMILES string of the molecule is N[C@@H](Cc1ccc(C(F)(F)F)c(Cl)c1)C(=O)O. The molecule has 1 atom stereocenters. The number of carboxylic acids is 1. The van der Waals surface area contributed by atoms with Gasteiger partial charge in [0.2, 0.25) is 0 Å². The molecule has 1 aromatic carbocycles. The van der Waals surface area contributed by atoms with E-state index in [-0.39, 0.29) is 6.42 Å². The smallest absolute Gasteiger partial charge is 0.417 e. The summed E-state index contributed by atoms with van der Waals surface area (Å²) in [6, 6.07) is 1.89. The molecule has 0 spiro atoms. The number of hydrogen-bond acceptors (Lipinski definition) is 2. The van der Waals surface area contributed by atoms with Crippen molar-refractivity contribution in [1.29, 1.82) is 0 Å². The van der Waals surface area contributed by atoms with Crippen LogP contribution in [0, 0.1) is 0 Å². The fraction of sp³-hybridized carbons (Fsp3) is 0.300. The van der Waals surface area contributed by atoms with Crippen LogP contribution >= 0.6 is 11.6 Å². The standard InChI is InChI=1S/C10H9ClF3NO2/c11-7-3-5(4-8(15)9(16)17)1-2-6(7)10(12,13)14/h1-3,8H,4,15H2,(H,16,17)/t8-/m0/s1. The van der Waals surface area contributed by atoms with Gasteiger partial charge in [-0.15, -0.1) is 0 Å². The van der Waals surface area contributed by atoms with Crippen molar-refractivity contribution in [1.82, 2.24) is 0 Å². The zero-order valence-electron chi connectivity index (χ0n) is 8.46. The Morgan fingerprint density at radius 1 is 1.47 bits per heavy atom. The Morgan fingerprint density at radius 2 is 2.06 bits per heavy atom. The molecule has 0 radical (unpaired) electrons. The van der Waals surface area contributed by atoms with E-state index in [0.29, 0.717) is 5.56 Å². The lowest BCUT2D eigenvalue weighted by atomic mass is 10.0. The first kappa shape index (κ1) is 13.8. The predicted molar refractivity (Wildman–Crippen MR) is 55.8 cm³/mol. The highest BCUT2D eigenvalue weighted by atomic mass is 35.5. The lowest BCUT2D eigenvalue weighted by Gasteiger charge is -2.11. The predicted octanol–water partition coefficient (Wildman–Crippen LogP) is 2.31. The van der Waals surface area contributed by atoms with Crippen LogP contribution in [0.1, 0.15) is 11.1 Å². The van der Waals surface area contributed by atoms with Crippen LogP contribution in [0.15, 0.2) is 18.2 Å². The van der Waals surface area contributed by atoms with Crippen molar-refractivity contribution in [3.8, 4) is 0 Å². The van der Waals surface area contributed by atoms with E-state index in [2.05, 4.69) is 0 Å². The highest BCUT2D eigenvalue weighted by molar-refractivity contribution is 6.31. The van der Waals surface area contributed by atoms with Crippen molar-refractivity contribution in [3.63, 3.8) is 0 Å². The van der Waals surface area contributed by atoms with Crippen molar-refractivity contribution in [2.45, 2.75) is 18.6 Å². The van der Waals surface area contributed by atoms with Gasteiger partial charge in [-0.3, -0.25) is 4.79 Å². The van der Waals surface area contributed by atoms with E-state index in [1.807, 2.05) is 0 Å². The van der Waals surface area contributed by atoms with Gasteiger partial charge in [-0.05, 0) is 24.1 Å². The maximum Gasteiger partial charge on any atom is 0.417 e. The lowest BCUT2D eigenvalue weighted by Crippen LogP contribution is -2.32. The first-order chi connectivity index (χ1) is 7.71. The average Bonchev–Trinajstić information content (AvgIpc) is 2.15. The van der Waals surface area contributed by atoms with Gasteiger partial charge in [0.25, 0.3) is 0 Å². The topological polar surface area (TPSA) is 63.3 Å². The molecule has 0 bridgehead atoms. The second kappa shape index (κ2) is 4.93. The van der Waals surface area contributed by atoms with Crippen LogP contribution in [-0.4, -0.2) is 17.1 Å². The molecule has 0 amide bonds. The van der Waals surface area contributed by atoms with E-state index in [1.165, 1.54) is 0 Å². The molecule has 0 saturated carbocycles. The second-order valence-corrected chi connectivity index (χ2v) is 3.87. The van der Waals surface area contributed by atoms with Gasteiger partial charge in [-0.2, -0.15) is 13.2 Å². The van der Waals surface area contributed by atoms with Crippen LogP contribution in [-0.2, 0) is 17.4 Å².